The molecule has 4 fully saturated rings. The molecule has 4 heteroatoms. The van der Waals surface area contributed by atoms with Crippen molar-refractivity contribution in [2.24, 2.45) is 23.2 Å². The monoisotopic (exact) mass is 352 g/mol. The second-order valence-corrected chi connectivity index (χ2v) is 8.60. The molecule has 0 atom stereocenters. The Hall–Kier alpha value is -2.10. The molecule has 4 nitrogen and oxygen atoms in total. The lowest BCUT2D eigenvalue weighted by Crippen LogP contribution is -2.51. The van der Waals surface area contributed by atoms with Gasteiger partial charge in [0.05, 0.1) is 5.41 Å². The summed E-state index contributed by atoms with van der Waals surface area (Å²) in [6, 6.07) is 7.45. The number of benzene rings is 1. The van der Waals surface area contributed by atoms with Gasteiger partial charge in [0.2, 0.25) is 11.8 Å². The van der Waals surface area contributed by atoms with E-state index < -0.39 is 0 Å². The van der Waals surface area contributed by atoms with Crippen LogP contribution in [0.25, 0.3) is 0 Å². The molecule has 4 aliphatic carbocycles. The Kier molecular flexibility index (Phi) is 4.60. The van der Waals surface area contributed by atoms with Gasteiger partial charge in [-0.05, 0) is 87.0 Å². The van der Waals surface area contributed by atoms with Crippen LogP contribution < -0.4 is 10.6 Å². The number of amides is 2. The third-order valence-corrected chi connectivity index (χ3v) is 6.52. The van der Waals surface area contributed by atoms with Gasteiger partial charge in [0.1, 0.15) is 0 Å². The molecule has 0 radical (unpaired) electrons. The summed E-state index contributed by atoms with van der Waals surface area (Å²) in [4.78, 5) is 24.8. The van der Waals surface area contributed by atoms with Gasteiger partial charge in [-0.2, -0.15) is 0 Å². The molecule has 138 valence electrons. The minimum absolute atomic E-state index is 0.0183. The molecule has 0 saturated heterocycles. The van der Waals surface area contributed by atoms with Crippen molar-refractivity contribution in [3.8, 4) is 0 Å². The van der Waals surface area contributed by atoms with E-state index in [0.29, 0.717) is 12.8 Å². The topological polar surface area (TPSA) is 58.2 Å². The van der Waals surface area contributed by atoms with E-state index in [0.717, 1.165) is 48.4 Å². The van der Waals surface area contributed by atoms with Crippen LogP contribution in [0.1, 0.15) is 51.4 Å². The maximum Gasteiger partial charge on any atom is 0.230 e. The van der Waals surface area contributed by atoms with Gasteiger partial charge in [-0.1, -0.05) is 6.08 Å². The highest BCUT2D eigenvalue weighted by atomic mass is 16.2. The van der Waals surface area contributed by atoms with E-state index in [-0.39, 0.29) is 17.2 Å². The van der Waals surface area contributed by atoms with Crippen molar-refractivity contribution in [2.75, 3.05) is 10.6 Å². The summed E-state index contributed by atoms with van der Waals surface area (Å²) in [5, 5.41) is 6.02. The van der Waals surface area contributed by atoms with Gasteiger partial charge in [0.15, 0.2) is 0 Å². The number of carbonyl (C=O) groups excluding carboxylic acids is 2. The number of allylic oxidation sites excluding steroid dienone is 1. The number of anilines is 2. The number of hydrogen-bond acceptors (Lipinski definition) is 2. The summed E-state index contributed by atoms with van der Waals surface area (Å²) in [5.41, 5.74) is 1.44. The number of hydrogen-bond donors (Lipinski definition) is 2. The van der Waals surface area contributed by atoms with Crippen molar-refractivity contribution < 1.29 is 9.59 Å². The summed E-state index contributed by atoms with van der Waals surface area (Å²) >= 11 is 0. The predicted molar refractivity (Wildman–Crippen MR) is 104 cm³/mol. The first kappa shape index (κ1) is 17.3. The zero-order valence-electron chi connectivity index (χ0n) is 15.3. The Balaban J connectivity index is 1.37. The van der Waals surface area contributed by atoms with Gasteiger partial charge < -0.3 is 10.6 Å². The second kappa shape index (κ2) is 6.90. The fraction of sp³-hybridized carbons (Fsp3) is 0.545. The number of nitrogens with one attached hydrogen (secondary N) is 2. The third-order valence-electron chi connectivity index (χ3n) is 6.52. The quantitative estimate of drug-likeness (QED) is 0.726. The molecule has 4 saturated carbocycles. The first-order valence-corrected chi connectivity index (χ1v) is 9.88. The highest BCUT2D eigenvalue weighted by molar-refractivity contribution is 5.96. The van der Waals surface area contributed by atoms with Gasteiger partial charge in [-0.15, -0.1) is 6.58 Å². The molecular weight excluding hydrogens is 324 g/mol. The minimum Gasteiger partial charge on any atom is -0.326 e. The SMILES string of the molecule is C=CCCC(=O)Nc1ccc(NC(=O)C23CC4CC(CC(C4)C2)C3)cc1. The molecule has 0 aliphatic heterocycles. The highest BCUT2D eigenvalue weighted by Crippen LogP contribution is 2.60. The van der Waals surface area contributed by atoms with E-state index in [2.05, 4.69) is 17.2 Å². The number of carbonyl (C=O) groups is 2. The predicted octanol–water partition coefficient (Wildman–Crippen LogP) is 4.75. The maximum atomic E-state index is 13.1. The molecule has 0 heterocycles. The Morgan fingerprint density at radius 1 is 0.962 bits per heavy atom. The lowest BCUT2D eigenvalue weighted by atomic mass is 9.49. The van der Waals surface area contributed by atoms with Crippen LogP contribution >= 0.6 is 0 Å². The molecule has 0 spiro atoms. The van der Waals surface area contributed by atoms with Gasteiger partial charge in [-0.3, -0.25) is 9.59 Å². The molecule has 0 aromatic heterocycles. The van der Waals surface area contributed by atoms with Gasteiger partial charge in [0.25, 0.3) is 0 Å². The first-order valence-electron chi connectivity index (χ1n) is 9.88. The summed E-state index contributed by atoms with van der Waals surface area (Å²) < 4.78 is 0. The van der Waals surface area contributed by atoms with Crippen LogP contribution in [-0.4, -0.2) is 11.8 Å². The van der Waals surface area contributed by atoms with Gasteiger partial charge in [0, 0.05) is 17.8 Å². The van der Waals surface area contributed by atoms with Crippen LogP contribution in [0.2, 0.25) is 0 Å². The van der Waals surface area contributed by atoms with E-state index in [9.17, 15) is 9.59 Å². The van der Waals surface area contributed by atoms with E-state index in [1.54, 1.807) is 6.08 Å². The molecule has 0 unspecified atom stereocenters. The molecule has 2 amide bonds. The summed E-state index contributed by atoms with van der Waals surface area (Å²) in [5.74, 6) is 2.48. The second-order valence-electron chi connectivity index (χ2n) is 8.60. The average Bonchev–Trinajstić information content (AvgIpc) is 2.60. The summed E-state index contributed by atoms with van der Waals surface area (Å²) in [7, 11) is 0. The van der Waals surface area contributed by atoms with Crippen molar-refractivity contribution >= 4 is 23.2 Å². The van der Waals surface area contributed by atoms with Crippen LogP contribution in [0.15, 0.2) is 36.9 Å². The van der Waals surface area contributed by atoms with Crippen LogP contribution in [-0.2, 0) is 9.59 Å². The van der Waals surface area contributed by atoms with E-state index in [1.165, 1.54) is 19.3 Å². The van der Waals surface area contributed by atoms with Crippen LogP contribution in [0.5, 0.6) is 0 Å². The molecule has 4 bridgehead atoms. The Bertz CT molecular complexity index is 672. The van der Waals surface area contributed by atoms with Crippen LogP contribution in [0, 0.1) is 23.2 Å². The van der Waals surface area contributed by atoms with E-state index >= 15 is 0 Å². The van der Waals surface area contributed by atoms with Crippen molar-refractivity contribution in [2.45, 2.75) is 51.4 Å². The molecular formula is C22H28N2O2. The van der Waals surface area contributed by atoms with Gasteiger partial charge in [-0.25, -0.2) is 0 Å². The normalized spacial score (nSPS) is 31.5. The molecule has 4 aliphatic rings. The van der Waals surface area contributed by atoms with Crippen molar-refractivity contribution in [1.29, 1.82) is 0 Å². The Morgan fingerprint density at radius 3 is 1.96 bits per heavy atom. The van der Waals surface area contributed by atoms with Crippen LogP contribution in [0.3, 0.4) is 0 Å². The molecule has 2 N–H and O–H groups in total. The van der Waals surface area contributed by atoms with Crippen LogP contribution in [0.4, 0.5) is 11.4 Å². The minimum atomic E-state index is -0.133. The first-order chi connectivity index (χ1) is 12.6. The molecule has 1 aromatic carbocycles. The fourth-order valence-corrected chi connectivity index (χ4v) is 5.75. The zero-order chi connectivity index (χ0) is 18.1. The fourth-order valence-electron chi connectivity index (χ4n) is 5.75. The Morgan fingerprint density at radius 2 is 1.46 bits per heavy atom. The summed E-state index contributed by atoms with van der Waals surface area (Å²) in [6.07, 6.45) is 10.1. The van der Waals surface area contributed by atoms with Crippen molar-refractivity contribution in [3.63, 3.8) is 0 Å². The van der Waals surface area contributed by atoms with E-state index in [1.807, 2.05) is 24.3 Å². The largest absolute Gasteiger partial charge is 0.326 e. The maximum absolute atomic E-state index is 13.1. The molecule has 26 heavy (non-hydrogen) atoms. The lowest BCUT2D eigenvalue weighted by Gasteiger charge is -2.55. The van der Waals surface area contributed by atoms with Gasteiger partial charge >= 0.3 is 0 Å². The molecule has 5 rings (SSSR count). The van der Waals surface area contributed by atoms with E-state index in [4.69, 9.17) is 0 Å². The standard InChI is InChI=1S/C22H28N2O2/c1-2-3-4-20(25)23-18-5-7-19(8-6-18)24-21(26)22-12-15-9-16(13-22)11-17(10-15)14-22/h2,5-8,15-17H,1,3-4,9-14H2,(H,23,25)(H,24,26). The molecule has 1 aromatic rings. The number of rotatable bonds is 6. The van der Waals surface area contributed by atoms with Crippen molar-refractivity contribution in [1.82, 2.24) is 0 Å². The zero-order valence-corrected chi connectivity index (χ0v) is 15.3. The smallest absolute Gasteiger partial charge is 0.230 e. The third kappa shape index (κ3) is 3.42. The summed E-state index contributed by atoms with van der Waals surface area (Å²) in [6.45, 7) is 3.63. The van der Waals surface area contributed by atoms with Crippen molar-refractivity contribution in [3.05, 3.63) is 36.9 Å². The Labute approximate surface area is 155 Å². The average molecular weight is 352 g/mol. The lowest BCUT2D eigenvalue weighted by molar-refractivity contribution is -0.140. The highest BCUT2D eigenvalue weighted by Gasteiger charge is 2.54.